The summed E-state index contributed by atoms with van der Waals surface area (Å²) in [6.45, 7) is 0.495. The highest BCUT2D eigenvalue weighted by Gasteiger charge is 2.02. The maximum absolute atomic E-state index is 10.7. The van der Waals surface area contributed by atoms with E-state index in [0.717, 1.165) is 11.8 Å². The normalized spacial score (nSPS) is 9.86. The first-order valence-electron chi connectivity index (χ1n) is 4.19. The average molecular weight is 195 g/mol. The van der Waals surface area contributed by atoms with Crippen molar-refractivity contribution in [2.45, 2.75) is 6.54 Å². The van der Waals surface area contributed by atoms with E-state index in [2.05, 4.69) is 5.48 Å². The number of carbonyl (C=O) groups is 1. The molecule has 1 aromatic carbocycles. The van der Waals surface area contributed by atoms with E-state index in [4.69, 9.17) is 9.57 Å². The molecule has 14 heavy (non-hydrogen) atoms. The van der Waals surface area contributed by atoms with E-state index < -0.39 is 0 Å². The van der Waals surface area contributed by atoms with Crippen molar-refractivity contribution in [1.29, 1.82) is 0 Å². The van der Waals surface area contributed by atoms with Crippen molar-refractivity contribution in [2.75, 3.05) is 14.2 Å². The summed E-state index contributed by atoms with van der Waals surface area (Å²) in [4.78, 5) is 15.4. The van der Waals surface area contributed by atoms with Crippen molar-refractivity contribution in [2.24, 2.45) is 0 Å². The number of ether oxygens (including phenoxy) is 1. The number of benzene rings is 1. The van der Waals surface area contributed by atoms with Crippen LogP contribution in [0.15, 0.2) is 18.2 Å². The van der Waals surface area contributed by atoms with Crippen molar-refractivity contribution in [1.82, 2.24) is 5.48 Å². The summed E-state index contributed by atoms with van der Waals surface area (Å²) in [6.07, 6.45) is 0.801. The van der Waals surface area contributed by atoms with Crippen molar-refractivity contribution < 1.29 is 14.4 Å². The number of nitrogens with one attached hydrogen (secondary N) is 1. The molecule has 1 aromatic rings. The standard InChI is InChI=1S/C10H13NO3/c1-13-10-4-3-8(6-11-14-2)9(5-10)7-12/h3-5,7,11H,6H2,1-2H3. The van der Waals surface area contributed by atoms with Gasteiger partial charge in [-0.15, -0.1) is 0 Å². The molecule has 0 aromatic heterocycles. The van der Waals surface area contributed by atoms with Gasteiger partial charge in [0.05, 0.1) is 14.2 Å². The third kappa shape index (κ3) is 2.55. The molecule has 0 unspecified atom stereocenters. The van der Waals surface area contributed by atoms with E-state index in [1.165, 1.54) is 7.11 Å². The van der Waals surface area contributed by atoms with Crippen LogP contribution in [0.3, 0.4) is 0 Å². The third-order valence-electron chi connectivity index (χ3n) is 1.89. The number of hydroxylamine groups is 1. The zero-order chi connectivity index (χ0) is 10.4. The first-order valence-corrected chi connectivity index (χ1v) is 4.19. The summed E-state index contributed by atoms with van der Waals surface area (Å²) >= 11 is 0. The van der Waals surface area contributed by atoms with Gasteiger partial charge in [0.1, 0.15) is 5.75 Å². The minimum Gasteiger partial charge on any atom is -0.497 e. The van der Waals surface area contributed by atoms with Crippen molar-refractivity contribution in [3.63, 3.8) is 0 Å². The molecule has 0 radical (unpaired) electrons. The molecule has 0 amide bonds. The second kappa shape index (κ2) is 5.36. The van der Waals surface area contributed by atoms with Gasteiger partial charge in [-0.2, -0.15) is 5.48 Å². The Hall–Kier alpha value is -1.39. The van der Waals surface area contributed by atoms with E-state index in [-0.39, 0.29) is 0 Å². The van der Waals surface area contributed by atoms with Crippen LogP contribution in [0.1, 0.15) is 15.9 Å². The molecule has 1 rings (SSSR count). The smallest absolute Gasteiger partial charge is 0.150 e. The molecule has 4 nitrogen and oxygen atoms in total. The molecule has 76 valence electrons. The van der Waals surface area contributed by atoms with Gasteiger partial charge in [-0.25, -0.2) is 0 Å². The van der Waals surface area contributed by atoms with E-state index in [1.54, 1.807) is 19.2 Å². The Bertz CT molecular complexity index is 312. The van der Waals surface area contributed by atoms with Crippen LogP contribution in [0.2, 0.25) is 0 Å². The van der Waals surface area contributed by atoms with Gasteiger partial charge in [-0.05, 0) is 17.7 Å². The van der Waals surface area contributed by atoms with E-state index >= 15 is 0 Å². The van der Waals surface area contributed by atoms with Gasteiger partial charge in [-0.3, -0.25) is 4.79 Å². The Morgan fingerprint density at radius 1 is 1.43 bits per heavy atom. The molecule has 0 spiro atoms. The molecule has 1 N–H and O–H groups in total. The van der Waals surface area contributed by atoms with Gasteiger partial charge in [0.15, 0.2) is 6.29 Å². The topological polar surface area (TPSA) is 47.6 Å². The molecular formula is C10H13NO3. The van der Waals surface area contributed by atoms with Crippen LogP contribution >= 0.6 is 0 Å². The Kier molecular flexibility index (Phi) is 4.10. The largest absolute Gasteiger partial charge is 0.497 e. The van der Waals surface area contributed by atoms with Crippen LogP contribution in [-0.4, -0.2) is 20.5 Å². The summed E-state index contributed by atoms with van der Waals surface area (Å²) in [5.74, 6) is 0.674. The quantitative estimate of drug-likeness (QED) is 0.565. The maximum atomic E-state index is 10.7. The lowest BCUT2D eigenvalue weighted by Gasteiger charge is -2.07. The molecule has 0 saturated heterocycles. The average Bonchev–Trinajstić information content (AvgIpc) is 2.26. The number of methoxy groups -OCH3 is 1. The summed E-state index contributed by atoms with van der Waals surface area (Å²) in [5, 5.41) is 0. The molecule has 0 saturated carbocycles. The lowest BCUT2D eigenvalue weighted by atomic mass is 10.1. The molecule has 0 bridgehead atoms. The summed E-state index contributed by atoms with van der Waals surface area (Å²) in [5.41, 5.74) is 4.16. The van der Waals surface area contributed by atoms with E-state index in [9.17, 15) is 4.79 Å². The van der Waals surface area contributed by atoms with Crippen molar-refractivity contribution in [3.05, 3.63) is 29.3 Å². The summed E-state index contributed by atoms with van der Waals surface area (Å²) in [7, 11) is 3.10. The predicted octanol–water partition coefficient (Wildman–Crippen LogP) is 1.16. The highest BCUT2D eigenvalue weighted by molar-refractivity contribution is 5.78. The van der Waals surface area contributed by atoms with E-state index in [1.807, 2.05) is 6.07 Å². The number of hydrogen-bond acceptors (Lipinski definition) is 4. The lowest BCUT2D eigenvalue weighted by Crippen LogP contribution is -2.12. The molecule has 0 aliphatic heterocycles. The van der Waals surface area contributed by atoms with Crippen LogP contribution in [0.5, 0.6) is 5.75 Å². The highest BCUT2D eigenvalue weighted by atomic mass is 16.6. The molecule has 0 atom stereocenters. The molecule has 0 aliphatic carbocycles. The fourth-order valence-corrected chi connectivity index (χ4v) is 1.12. The highest BCUT2D eigenvalue weighted by Crippen LogP contribution is 2.15. The van der Waals surface area contributed by atoms with Gasteiger partial charge in [0.2, 0.25) is 0 Å². The zero-order valence-electron chi connectivity index (χ0n) is 8.24. The SMILES string of the molecule is CONCc1ccc(OC)cc1C=O. The zero-order valence-corrected chi connectivity index (χ0v) is 8.24. The second-order valence-electron chi connectivity index (χ2n) is 2.71. The van der Waals surface area contributed by atoms with Gasteiger partial charge in [0, 0.05) is 12.1 Å². The number of rotatable bonds is 5. The van der Waals surface area contributed by atoms with Crippen LogP contribution in [-0.2, 0) is 11.4 Å². The molecule has 0 fully saturated rings. The molecule has 0 heterocycles. The first kappa shape index (κ1) is 10.7. The minimum absolute atomic E-state index is 0.495. The van der Waals surface area contributed by atoms with Gasteiger partial charge < -0.3 is 9.57 Å². The van der Waals surface area contributed by atoms with Crippen LogP contribution < -0.4 is 10.2 Å². The van der Waals surface area contributed by atoms with Crippen LogP contribution in [0.25, 0.3) is 0 Å². The van der Waals surface area contributed by atoms with Crippen LogP contribution in [0, 0.1) is 0 Å². The predicted molar refractivity (Wildman–Crippen MR) is 52.2 cm³/mol. The Morgan fingerprint density at radius 3 is 2.79 bits per heavy atom. The Balaban J connectivity index is 2.87. The number of hydrogen-bond donors (Lipinski definition) is 1. The van der Waals surface area contributed by atoms with Gasteiger partial charge in [-0.1, -0.05) is 6.07 Å². The van der Waals surface area contributed by atoms with Crippen LogP contribution in [0.4, 0.5) is 0 Å². The lowest BCUT2D eigenvalue weighted by molar-refractivity contribution is 0.0863. The van der Waals surface area contributed by atoms with Gasteiger partial charge >= 0.3 is 0 Å². The van der Waals surface area contributed by atoms with E-state index in [0.29, 0.717) is 17.9 Å². The fourth-order valence-electron chi connectivity index (χ4n) is 1.12. The van der Waals surface area contributed by atoms with Crippen molar-refractivity contribution in [3.8, 4) is 5.75 Å². The number of aldehydes is 1. The Morgan fingerprint density at radius 2 is 2.21 bits per heavy atom. The van der Waals surface area contributed by atoms with Crippen molar-refractivity contribution >= 4 is 6.29 Å². The monoisotopic (exact) mass is 195 g/mol. The minimum atomic E-state index is 0.495. The Labute approximate surface area is 82.8 Å². The summed E-state index contributed by atoms with van der Waals surface area (Å²) in [6, 6.07) is 5.33. The fraction of sp³-hybridized carbons (Fsp3) is 0.300. The molecule has 0 aliphatic rings. The summed E-state index contributed by atoms with van der Waals surface area (Å²) < 4.78 is 5.01. The third-order valence-corrected chi connectivity index (χ3v) is 1.89. The maximum Gasteiger partial charge on any atom is 0.150 e. The molecule has 4 heteroatoms. The molecular weight excluding hydrogens is 182 g/mol. The van der Waals surface area contributed by atoms with Gasteiger partial charge in [0.25, 0.3) is 0 Å². The number of carbonyl (C=O) groups excluding carboxylic acids is 1. The first-order chi connectivity index (χ1) is 6.81. The second-order valence-corrected chi connectivity index (χ2v) is 2.71.